The summed E-state index contributed by atoms with van der Waals surface area (Å²) in [5.74, 6) is 0.786. The van der Waals surface area contributed by atoms with Crippen molar-refractivity contribution in [2.75, 3.05) is 5.75 Å². The summed E-state index contributed by atoms with van der Waals surface area (Å²) in [5.41, 5.74) is 4.08. The maximum absolute atomic E-state index is 12.6. The summed E-state index contributed by atoms with van der Waals surface area (Å²) in [4.78, 5) is 12.6. The minimum absolute atomic E-state index is 0.108. The molecule has 9 heteroatoms. The number of nitrogens with one attached hydrogen (secondary N) is 1. The predicted octanol–water partition coefficient (Wildman–Crippen LogP) is 6.20. The van der Waals surface area contributed by atoms with Crippen LogP contribution in [0.5, 0.6) is 5.75 Å². The number of thioether (sulfide) groups is 1. The highest BCUT2D eigenvalue weighted by molar-refractivity contribution is 7.99. The molecule has 0 aliphatic heterocycles. The van der Waals surface area contributed by atoms with E-state index in [4.69, 9.17) is 11.6 Å². The van der Waals surface area contributed by atoms with E-state index in [-0.39, 0.29) is 17.4 Å². The molecule has 7 nitrogen and oxygen atoms in total. The van der Waals surface area contributed by atoms with Crippen LogP contribution in [0.25, 0.3) is 22.2 Å². The molecule has 0 saturated heterocycles. The molecule has 0 spiro atoms. The molecule has 0 bridgehead atoms. The Hall–Kier alpha value is -3.36. The van der Waals surface area contributed by atoms with Gasteiger partial charge in [-0.1, -0.05) is 73.0 Å². The number of amides is 1. The van der Waals surface area contributed by atoms with E-state index < -0.39 is 0 Å². The van der Waals surface area contributed by atoms with Crippen LogP contribution in [-0.2, 0) is 4.79 Å². The zero-order valence-electron chi connectivity index (χ0n) is 19.6. The minimum Gasteiger partial charge on any atom is -0.507 e. The summed E-state index contributed by atoms with van der Waals surface area (Å²) in [6.07, 6.45) is 7.19. The van der Waals surface area contributed by atoms with Crippen molar-refractivity contribution < 1.29 is 9.90 Å². The normalized spacial score (nSPS) is 14.5. The molecule has 1 saturated carbocycles. The zero-order chi connectivity index (χ0) is 24.9. The van der Waals surface area contributed by atoms with Crippen molar-refractivity contribution in [3.05, 3.63) is 71.2 Å². The molecule has 1 amide bonds. The number of aromatic hydroxyl groups is 1. The Kier molecular flexibility index (Phi) is 7.53. The smallest absolute Gasteiger partial charge is 0.250 e. The first-order valence-electron chi connectivity index (χ1n) is 12.0. The Morgan fingerprint density at radius 1 is 1.08 bits per heavy atom. The SMILES string of the molecule is O=C(CSc1nnc(-c2ccc(Cl)cc2)n1C1CCCCC1)NN=Cc1c(O)ccc2ccccc12. The molecule has 0 unspecified atom stereocenters. The third-order valence-electron chi connectivity index (χ3n) is 6.37. The van der Waals surface area contributed by atoms with Gasteiger partial charge < -0.3 is 5.11 Å². The van der Waals surface area contributed by atoms with Crippen LogP contribution in [-0.4, -0.2) is 37.7 Å². The molecular weight excluding hydrogens is 494 g/mol. The summed E-state index contributed by atoms with van der Waals surface area (Å²) >= 11 is 7.43. The number of nitrogens with zero attached hydrogens (tertiary/aromatic N) is 4. The van der Waals surface area contributed by atoms with E-state index in [1.807, 2.05) is 54.6 Å². The van der Waals surface area contributed by atoms with Gasteiger partial charge in [0.1, 0.15) is 5.75 Å². The van der Waals surface area contributed by atoms with Gasteiger partial charge in [0.05, 0.1) is 12.0 Å². The van der Waals surface area contributed by atoms with Crippen LogP contribution < -0.4 is 5.43 Å². The van der Waals surface area contributed by atoms with Gasteiger partial charge in [-0.15, -0.1) is 10.2 Å². The van der Waals surface area contributed by atoms with Crippen LogP contribution in [0.15, 0.2) is 70.9 Å². The molecule has 36 heavy (non-hydrogen) atoms. The lowest BCUT2D eigenvalue weighted by Gasteiger charge is -2.25. The number of hydrogen-bond donors (Lipinski definition) is 2. The average molecular weight is 520 g/mol. The highest BCUT2D eigenvalue weighted by Crippen LogP contribution is 2.35. The van der Waals surface area contributed by atoms with Gasteiger partial charge in [-0.25, -0.2) is 5.43 Å². The molecule has 1 aromatic heterocycles. The Morgan fingerprint density at radius 2 is 1.86 bits per heavy atom. The first-order valence-corrected chi connectivity index (χ1v) is 13.3. The monoisotopic (exact) mass is 519 g/mol. The number of carbonyl (C=O) groups excluding carboxylic acids is 1. The molecule has 1 aliphatic carbocycles. The number of halogens is 1. The van der Waals surface area contributed by atoms with Gasteiger partial charge in [0.2, 0.25) is 0 Å². The molecule has 1 aliphatic rings. The highest BCUT2D eigenvalue weighted by atomic mass is 35.5. The second-order valence-electron chi connectivity index (χ2n) is 8.78. The van der Waals surface area contributed by atoms with Gasteiger partial charge in [-0.05, 0) is 53.9 Å². The van der Waals surface area contributed by atoms with Crippen LogP contribution in [0, 0.1) is 0 Å². The van der Waals surface area contributed by atoms with Crippen molar-refractivity contribution in [3.63, 3.8) is 0 Å². The summed E-state index contributed by atoms with van der Waals surface area (Å²) in [6.45, 7) is 0. The number of rotatable bonds is 7. The fourth-order valence-electron chi connectivity index (χ4n) is 4.59. The Morgan fingerprint density at radius 3 is 2.67 bits per heavy atom. The Balaban J connectivity index is 1.29. The van der Waals surface area contributed by atoms with Gasteiger partial charge >= 0.3 is 0 Å². The lowest BCUT2D eigenvalue weighted by Crippen LogP contribution is -2.20. The first-order chi connectivity index (χ1) is 17.6. The minimum atomic E-state index is -0.262. The number of aromatic nitrogens is 3. The molecule has 3 aromatic carbocycles. The number of carbonyl (C=O) groups is 1. The second-order valence-corrected chi connectivity index (χ2v) is 10.2. The largest absolute Gasteiger partial charge is 0.507 e. The molecule has 0 atom stereocenters. The standard InChI is InChI=1S/C27H26ClN5O2S/c28-20-13-10-19(11-14-20)26-31-32-27(33(26)21-7-2-1-3-8-21)36-17-25(35)30-29-16-23-22-9-5-4-6-18(22)12-15-24(23)34/h4-6,9-16,21,34H,1-3,7-8,17H2,(H,30,35). The van der Waals surface area contributed by atoms with E-state index >= 15 is 0 Å². The number of hydrazone groups is 1. The first kappa shape index (κ1) is 24.3. The molecule has 5 rings (SSSR count). The molecule has 4 aromatic rings. The van der Waals surface area contributed by atoms with E-state index in [0.717, 1.165) is 40.2 Å². The molecule has 1 fully saturated rings. The highest BCUT2D eigenvalue weighted by Gasteiger charge is 2.24. The van der Waals surface area contributed by atoms with Gasteiger partial charge in [0.15, 0.2) is 11.0 Å². The number of phenolic OH excluding ortho intramolecular Hbond substituents is 1. The molecule has 184 valence electrons. The van der Waals surface area contributed by atoms with Crippen LogP contribution in [0.2, 0.25) is 5.02 Å². The second kappa shape index (κ2) is 11.1. The lowest BCUT2D eigenvalue weighted by molar-refractivity contribution is -0.118. The molecular formula is C27H26ClN5O2S. The maximum atomic E-state index is 12.6. The van der Waals surface area contributed by atoms with Crippen molar-refractivity contribution in [1.29, 1.82) is 0 Å². The van der Waals surface area contributed by atoms with Gasteiger partial charge in [-0.3, -0.25) is 9.36 Å². The van der Waals surface area contributed by atoms with E-state index in [1.165, 1.54) is 37.2 Å². The summed E-state index contributed by atoms with van der Waals surface area (Å²) < 4.78 is 2.18. The number of phenols is 1. The van der Waals surface area contributed by atoms with Crippen LogP contribution >= 0.6 is 23.4 Å². The Bertz CT molecular complexity index is 1400. The quantitative estimate of drug-likeness (QED) is 0.172. The summed E-state index contributed by atoms with van der Waals surface area (Å²) in [5, 5.41) is 26.5. The van der Waals surface area contributed by atoms with E-state index in [2.05, 4.69) is 25.3 Å². The van der Waals surface area contributed by atoms with E-state index in [0.29, 0.717) is 16.6 Å². The van der Waals surface area contributed by atoms with Crippen LogP contribution in [0.3, 0.4) is 0 Å². The average Bonchev–Trinajstić information content (AvgIpc) is 3.33. The summed E-state index contributed by atoms with van der Waals surface area (Å²) in [6, 6.07) is 19.1. The maximum Gasteiger partial charge on any atom is 0.250 e. The molecule has 0 radical (unpaired) electrons. The molecule has 2 N–H and O–H groups in total. The van der Waals surface area contributed by atoms with Gasteiger partial charge in [0, 0.05) is 22.2 Å². The lowest BCUT2D eigenvalue weighted by atomic mass is 9.95. The number of fused-ring (bicyclic) bond motifs is 1. The van der Waals surface area contributed by atoms with Crippen molar-refractivity contribution in [2.45, 2.75) is 43.3 Å². The Labute approximate surface area is 218 Å². The van der Waals surface area contributed by atoms with Crippen molar-refractivity contribution >= 4 is 46.3 Å². The number of hydrogen-bond acceptors (Lipinski definition) is 6. The van der Waals surface area contributed by atoms with Gasteiger partial charge in [-0.2, -0.15) is 5.10 Å². The van der Waals surface area contributed by atoms with Crippen LogP contribution in [0.1, 0.15) is 43.7 Å². The summed E-state index contributed by atoms with van der Waals surface area (Å²) in [7, 11) is 0. The third kappa shape index (κ3) is 5.39. The zero-order valence-corrected chi connectivity index (χ0v) is 21.2. The fourth-order valence-corrected chi connectivity index (χ4v) is 5.51. The molecule has 1 heterocycles. The van der Waals surface area contributed by atoms with Crippen molar-refractivity contribution in [3.8, 4) is 17.1 Å². The van der Waals surface area contributed by atoms with E-state index in [1.54, 1.807) is 6.07 Å². The van der Waals surface area contributed by atoms with Gasteiger partial charge in [0.25, 0.3) is 5.91 Å². The van der Waals surface area contributed by atoms with Crippen molar-refractivity contribution in [2.24, 2.45) is 5.10 Å². The topological polar surface area (TPSA) is 92.4 Å². The fraction of sp³-hybridized carbons (Fsp3) is 0.259. The van der Waals surface area contributed by atoms with Crippen LogP contribution in [0.4, 0.5) is 0 Å². The number of benzene rings is 3. The van der Waals surface area contributed by atoms with E-state index in [9.17, 15) is 9.90 Å². The van der Waals surface area contributed by atoms with Crippen molar-refractivity contribution in [1.82, 2.24) is 20.2 Å². The predicted molar refractivity (Wildman–Crippen MR) is 145 cm³/mol. The third-order valence-corrected chi connectivity index (χ3v) is 7.56.